The van der Waals surface area contributed by atoms with E-state index in [1.807, 2.05) is 30.0 Å². The monoisotopic (exact) mass is 387 g/mol. The average molecular weight is 387 g/mol. The van der Waals surface area contributed by atoms with Gasteiger partial charge in [-0.05, 0) is 32.8 Å². The topological polar surface area (TPSA) is 69.0 Å². The maximum atomic E-state index is 12.9. The second kappa shape index (κ2) is 9.24. The Bertz CT molecular complexity index is 821. The number of rotatable bonds is 7. The Morgan fingerprint density at radius 1 is 1.21 bits per heavy atom. The number of para-hydroxylation sites is 1. The smallest absolute Gasteiger partial charge is 0.375 e. The van der Waals surface area contributed by atoms with Crippen LogP contribution in [0.1, 0.15) is 62.1 Å². The first-order valence-corrected chi connectivity index (χ1v) is 10.1. The van der Waals surface area contributed by atoms with E-state index >= 15 is 0 Å². The number of hydrogen-bond acceptors (Lipinski definition) is 5. The number of esters is 1. The van der Waals surface area contributed by atoms with Crippen LogP contribution in [0, 0.1) is 0 Å². The van der Waals surface area contributed by atoms with Crippen LogP contribution in [0.5, 0.6) is 0 Å². The number of carbonyl (C=O) groups excluding carboxylic acids is 2. The third kappa shape index (κ3) is 4.22. The minimum Gasteiger partial charge on any atom is -0.449 e. The number of methoxy groups -OCH3 is 1. The largest absolute Gasteiger partial charge is 0.449 e. The molecule has 1 aliphatic carbocycles. The number of amides is 1. The number of nitrogens with zero attached hydrogens (tertiary/aromatic N) is 1. The van der Waals surface area contributed by atoms with Crippen LogP contribution in [-0.2, 0) is 20.9 Å². The molecule has 1 atom stereocenters. The van der Waals surface area contributed by atoms with Crippen molar-refractivity contribution in [1.82, 2.24) is 4.90 Å². The van der Waals surface area contributed by atoms with Gasteiger partial charge in [-0.3, -0.25) is 4.79 Å². The molecule has 0 spiro atoms. The van der Waals surface area contributed by atoms with E-state index in [2.05, 4.69) is 0 Å². The van der Waals surface area contributed by atoms with Gasteiger partial charge in [0.05, 0.1) is 6.61 Å². The van der Waals surface area contributed by atoms with E-state index in [1.54, 1.807) is 20.1 Å². The van der Waals surface area contributed by atoms with Gasteiger partial charge in [0.25, 0.3) is 5.91 Å². The zero-order valence-corrected chi connectivity index (χ0v) is 16.9. The maximum absolute atomic E-state index is 12.9. The minimum absolute atomic E-state index is 0.100. The van der Waals surface area contributed by atoms with Crippen LogP contribution in [0.3, 0.4) is 0 Å². The van der Waals surface area contributed by atoms with E-state index in [0.717, 1.165) is 31.1 Å². The third-order valence-electron chi connectivity index (χ3n) is 5.44. The van der Waals surface area contributed by atoms with Gasteiger partial charge in [-0.15, -0.1) is 0 Å². The molecule has 0 saturated heterocycles. The molecule has 6 nitrogen and oxygen atoms in total. The number of furan rings is 1. The normalized spacial score (nSPS) is 16.1. The van der Waals surface area contributed by atoms with Crippen LogP contribution in [0.4, 0.5) is 0 Å². The van der Waals surface area contributed by atoms with Gasteiger partial charge < -0.3 is 18.8 Å². The summed E-state index contributed by atoms with van der Waals surface area (Å²) in [6.07, 6.45) is 4.67. The zero-order valence-electron chi connectivity index (χ0n) is 16.9. The lowest BCUT2D eigenvalue weighted by molar-refractivity contribution is -0.142. The first-order chi connectivity index (χ1) is 13.6. The van der Waals surface area contributed by atoms with Gasteiger partial charge in [0.15, 0.2) is 6.10 Å². The van der Waals surface area contributed by atoms with Crippen LogP contribution in [-0.4, -0.2) is 42.6 Å². The van der Waals surface area contributed by atoms with Crippen LogP contribution in [0.15, 0.2) is 28.7 Å². The van der Waals surface area contributed by atoms with E-state index in [-0.39, 0.29) is 24.3 Å². The highest BCUT2D eigenvalue weighted by molar-refractivity contribution is 5.97. The number of ether oxygens (including phenoxy) is 2. The fourth-order valence-electron chi connectivity index (χ4n) is 4.04. The lowest BCUT2D eigenvalue weighted by Gasteiger charge is -2.34. The molecule has 1 saturated carbocycles. The van der Waals surface area contributed by atoms with Crippen molar-refractivity contribution in [3.63, 3.8) is 0 Å². The number of carbonyl (C=O) groups is 2. The van der Waals surface area contributed by atoms with E-state index < -0.39 is 12.1 Å². The van der Waals surface area contributed by atoms with E-state index in [0.29, 0.717) is 17.7 Å². The number of likely N-dealkylation sites (N-methyl/N-ethyl adjacent to an activating group) is 1. The Balaban J connectivity index is 1.75. The lowest BCUT2D eigenvalue weighted by atomic mass is 9.94. The fraction of sp³-hybridized carbons (Fsp3) is 0.545. The summed E-state index contributed by atoms with van der Waals surface area (Å²) in [6.45, 7) is 4.44. The Labute approximate surface area is 165 Å². The van der Waals surface area contributed by atoms with Crippen molar-refractivity contribution >= 4 is 22.8 Å². The van der Waals surface area contributed by atoms with Crippen molar-refractivity contribution in [2.24, 2.45) is 0 Å². The molecule has 1 aromatic heterocycles. The SMILES string of the molecule is CCN(C(=O)[C@@H](C)OC(=O)c1oc2ccccc2c1COC)C1CCCCC1. The van der Waals surface area contributed by atoms with Gasteiger partial charge in [-0.2, -0.15) is 0 Å². The Hall–Kier alpha value is -2.34. The highest BCUT2D eigenvalue weighted by Gasteiger charge is 2.31. The highest BCUT2D eigenvalue weighted by atomic mass is 16.6. The number of benzene rings is 1. The van der Waals surface area contributed by atoms with Gasteiger partial charge in [-0.25, -0.2) is 4.79 Å². The quantitative estimate of drug-likeness (QED) is 0.662. The summed E-state index contributed by atoms with van der Waals surface area (Å²) in [7, 11) is 1.56. The molecule has 28 heavy (non-hydrogen) atoms. The molecule has 0 unspecified atom stereocenters. The van der Waals surface area contributed by atoms with Gasteiger partial charge in [0.1, 0.15) is 5.58 Å². The summed E-state index contributed by atoms with van der Waals surface area (Å²) < 4.78 is 16.5. The van der Waals surface area contributed by atoms with Crippen molar-refractivity contribution in [1.29, 1.82) is 0 Å². The second-order valence-corrected chi connectivity index (χ2v) is 7.30. The molecule has 2 aromatic rings. The molecule has 3 rings (SSSR count). The number of fused-ring (bicyclic) bond motifs is 1. The van der Waals surface area contributed by atoms with E-state index in [1.165, 1.54) is 6.42 Å². The van der Waals surface area contributed by atoms with E-state index in [4.69, 9.17) is 13.9 Å². The van der Waals surface area contributed by atoms with Gasteiger partial charge in [-0.1, -0.05) is 37.5 Å². The molecule has 1 aromatic carbocycles. The lowest BCUT2D eigenvalue weighted by Crippen LogP contribution is -2.46. The molecular formula is C22H29NO5. The third-order valence-corrected chi connectivity index (χ3v) is 5.44. The second-order valence-electron chi connectivity index (χ2n) is 7.30. The Kier molecular flexibility index (Phi) is 6.73. The molecule has 1 aliphatic rings. The van der Waals surface area contributed by atoms with Crippen molar-refractivity contribution in [2.75, 3.05) is 13.7 Å². The highest BCUT2D eigenvalue weighted by Crippen LogP contribution is 2.28. The summed E-state index contributed by atoms with van der Waals surface area (Å²) in [5, 5.41) is 0.813. The molecule has 6 heteroatoms. The molecular weight excluding hydrogens is 358 g/mol. The van der Waals surface area contributed by atoms with E-state index in [9.17, 15) is 9.59 Å². The first-order valence-electron chi connectivity index (χ1n) is 10.1. The molecule has 152 valence electrons. The predicted octanol–water partition coefficient (Wildman–Crippen LogP) is 4.31. The summed E-state index contributed by atoms with van der Waals surface area (Å²) in [5.41, 5.74) is 1.24. The van der Waals surface area contributed by atoms with Crippen LogP contribution >= 0.6 is 0 Å². The molecule has 1 fully saturated rings. The maximum Gasteiger partial charge on any atom is 0.375 e. The van der Waals surface area contributed by atoms with Gasteiger partial charge in [0.2, 0.25) is 5.76 Å². The molecule has 0 bridgehead atoms. The summed E-state index contributed by atoms with van der Waals surface area (Å²) in [4.78, 5) is 27.5. The minimum atomic E-state index is -0.863. The summed E-state index contributed by atoms with van der Waals surface area (Å²) in [6, 6.07) is 7.62. The molecule has 0 N–H and O–H groups in total. The first kappa shape index (κ1) is 20.4. The molecule has 1 heterocycles. The van der Waals surface area contributed by atoms with Crippen molar-refractivity contribution in [3.8, 4) is 0 Å². The summed E-state index contributed by atoms with van der Waals surface area (Å²) in [5.74, 6) is -0.681. The predicted molar refractivity (Wildman–Crippen MR) is 106 cm³/mol. The van der Waals surface area contributed by atoms with Crippen molar-refractivity contribution < 1.29 is 23.5 Å². The Morgan fingerprint density at radius 2 is 1.93 bits per heavy atom. The van der Waals surface area contributed by atoms with Gasteiger partial charge >= 0.3 is 5.97 Å². The Morgan fingerprint density at radius 3 is 2.61 bits per heavy atom. The fourth-order valence-corrected chi connectivity index (χ4v) is 4.04. The molecule has 1 amide bonds. The van der Waals surface area contributed by atoms with Crippen LogP contribution in [0.25, 0.3) is 11.0 Å². The zero-order chi connectivity index (χ0) is 20.1. The summed E-state index contributed by atoms with van der Waals surface area (Å²) >= 11 is 0. The molecule has 0 aliphatic heterocycles. The van der Waals surface area contributed by atoms with Crippen LogP contribution < -0.4 is 0 Å². The van der Waals surface area contributed by atoms with Crippen LogP contribution in [0.2, 0.25) is 0 Å². The standard InChI is InChI=1S/C22H29NO5/c1-4-23(16-10-6-5-7-11-16)21(24)15(2)27-22(25)20-18(14-26-3)17-12-8-9-13-19(17)28-20/h8-9,12-13,15-16H,4-7,10-11,14H2,1-3H3/t15-/m1/s1. The average Bonchev–Trinajstić information content (AvgIpc) is 3.08. The molecule has 0 radical (unpaired) electrons. The van der Waals surface area contributed by atoms with Gasteiger partial charge in [0, 0.05) is 30.6 Å². The van der Waals surface area contributed by atoms with Crippen molar-refractivity contribution in [3.05, 3.63) is 35.6 Å². The van der Waals surface area contributed by atoms with Crippen molar-refractivity contribution in [2.45, 2.75) is 64.7 Å². The number of hydrogen-bond donors (Lipinski definition) is 0.